The summed E-state index contributed by atoms with van der Waals surface area (Å²) in [5.74, 6) is 1.14. The second-order valence-electron chi connectivity index (χ2n) is 8.02. The molecule has 2 aromatic carbocycles. The lowest BCUT2D eigenvalue weighted by Crippen LogP contribution is -2.28. The molecule has 160 valence electrons. The first-order valence-corrected chi connectivity index (χ1v) is 10.8. The summed E-state index contributed by atoms with van der Waals surface area (Å²) in [4.78, 5) is 22.1. The van der Waals surface area contributed by atoms with Gasteiger partial charge in [-0.1, -0.05) is 16.4 Å². The van der Waals surface area contributed by atoms with Crippen LogP contribution in [0.4, 0.5) is 0 Å². The van der Waals surface area contributed by atoms with Crippen LogP contribution in [-0.4, -0.2) is 54.0 Å². The zero-order valence-electron chi connectivity index (χ0n) is 17.4. The molecule has 4 heterocycles. The number of hydrogen-bond acceptors (Lipinski definition) is 6. The average molecular weight is 427 g/mol. The smallest absolute Gasteiger partial charge is 0.258 e. The predicted molar refractivity (Wildman–Crippen MR) is 119 cm³/mol. The van der Waals surface area contributed by atoms with E-state index in [0.717, 1.165) is 59.0 Å². The number of amides is 1. The van der Waals surface area contributed by atoms with Crippen LogP contribution in [0.15, 0.2) is 53.2 Å². The molecule has 0 radical (unpaired) electrons. The van der Waals surface area contributed by atoms with Gasteiger partial charge in [0.15, 0.2) is 0 Å². The topological polar surface area (TPSA) is 106 Å². The Labute approximate surface area is 183 Å². The number of likely N-dealkylation sites (tertiary alicyclic amines) is 1. The van der Waals surface area contributed by atoms with Gasteiger partial charge in [-0.15, -0.1) is 5.10 Å². The Hall–Kier alpha value is -4.01. The summed E-state index contributed by atoms with van der Waals surface area (Å²) in [6.45, 7) is 2.25. The van der Waals surface area contributed by atoms with Gasteiger partial charge in [-0.2, -0.15) is 4.98 Å². The number of nitrogens with one attached hydrogen (secondary N) is 1. The maximum atomic E-state index is 12.3. The third-order valence-corrected chi connectivity index (χ3v) is 6.02. The van der Waals surface area contributed by atoms with E-state index in [4.69, 9.17) is 4.52 Å². The molecule has 1 aliphatic heterocycles. The molecule has 0 unspecified atom stereocenters. The van der Waals surface area contributed by atoms with E-state index in [2.05, 4.69) is 25.4 Å². The lowest BCUT2D eigenvalue weighted by atomic mass is 10.1. The first-order valence-electron chi connectivity index (χ1n) is 10.8. The highest BCUT2D eigenvalue weighted by Crippen LogP contribution is 2.29. The number of hydrogen-bond donors (Lipinski definition) is 1. The van der Waals surface area contributed by atoms with E-state index in [1.807, 2.05) is 53.6 Å². The maximum Gasteiger partial charge on any atom is 0.258 e. The van der Waals surface area contributed by atoms with Crippen molar-refractivity contribution >= 4 is 27.8 Å². The molecule has 0 bridgehead atoms. The zero-order chi connectivity index (χ0) is 21.5. The van der Waals surface area contributed by atoms with Crippen LogP contribution < -0.4 is 0 Å². The van der Waals surface area contributed by atoms with Gasteiger partial charge >= 0.3 is 0 Å². The number of carbonyl (C=O) groups excluding carboxylic acids is 1. The van der Waals surface area contributed by atoms with Crippen LogP contribution in [0.2, 0.25) is 0 Å². The Kier molecular flexibility index (Phi) is 4.45. The standard InChI is InChI=1S/C23H21N7O2/c31-21(29-11-1-2-12-29)9-13-30-20-7-6-15(14-19(20)26-28-30)22-25-23(32-27-22)17-4-3-5-18-16(17)8-10-24-18/h3-8,10,14,24H,1-2,9,11-13H2. The van der Waals surface area contributed by atoms with Gasteiger partial charge in [-0.25, -0.2) is 4.68 Å². The molecule has 9 nitrogen and oxygen atoms in total. The molecule has 5 aromatic rings. The summed E-state index contributed by atoms with van der Waals surface area (Å²) in [5, 5.41) is 13.7. The Bertz CT molecular complexity index is 1420. The van der Waals surface area contributed by atoms with Crippen LogP contribution in [0.5, 0.6) is 0 Å². The molecule has 1 saturated heterocycles. The molecule has 3 aromatic heterocycles. The highest BCUT2D eigenvalue weighted by atomic mass is 16.5. The van der Waals surface area contributed by atoms with Gasteiger partial charge < -0.3 is 14.4 Å². The van der Waals surface area contributed by atoms with Gasteiger partial charge in [0, 0.05) is 47.7 Å². The third-order valence-electron chi connectivity index (χ3n) is 6.02. The molecule has 9 heteroatoms. The van der Waals surface area contributed by atoms with Crippen LogP contribution in [0.3, 0.4) is 0 Å². The molecular weight excluding hydrogens is 406 g/mol. The van der Waals surface area contributed by atoms with Crippen LogP contribution in [0, 0.1) is 0 Å². The monoisotopic (exact) mass is 427 g/mol. The lowest BCUT2D eigenvalue weighted by Gasteiger charge is -2.14. The van der Waals surface area contributed by atoms with E-state index in [0.29, 0.717) is 24.7 Å². The van der Waals surface area contributed by atoms with E-state index < -0.39 is 0 Å². The molecule has 0 aliphatic carbocycles. The molecule has 1 aliphatic rings. The van der Waals surface area contributed by atoms with Crippen molar-refractivity contribution in [2.45, 2.75) is 25.8 Å². The van der Waals surface area contributed by atoms with Crippen molar-refractivity contribution in [2.75, 3.05) is 13.1 Å². The molecule has 1 amide bonds. The van der Waals surface area contributed by atoms with Crippen molar-refractivity contribution in [3.8, 4) is 22.8 Å². The number of benzene rings is 2. The first kappa shape index (κ1) is 18.7. The number of carbonyl (C=O) groups is 1. The van der Waals surface area contributed by atoms with E-state index in [1.165, 1.54) is 0 Å². The van der Waals surface area contributed by atoms with Crippen LogP contribution in [0.25, 0.3) is 44.8 Å². The minimum Gasteiger partial charge on any atom is -0.361 e. The summed E-state index contributed by atoms with van der Waals surface area (Å²) >= 11 is 0. The van der Waals surface area contributed by atoms with Crippen molar-refractivity contribution < 1.29 is 9.32 Å². The predicted octanol–water partition coefficient (Wildman–Crippen LogP) is 3.64. The number of rotatable bonds is 5. The number of nitrogens with zero attached hydrogens (tertiary/aromatic N) is 6. The Morgan fingerprint density at radius 3 is 2.94 bits per heavy atom. The van der Waals surface area contributed by atoms with Gasteiger partial charge in [-0.3, -0.25) is 4.79 Å². The molecule has 32 heavy (non-hydrogen) atoms. The number of fused-ring (bicyclic) bond motifs is 2. The molecule has 0 spiro atoms. The zero-order valence-corrected chi connectivity index (χ0v) is 17.4. The van der Waals surface area contributed by atoms with Crippen molar-refractivity contribution in [3.63, 3.8) is 0 Å². The Morgan fingerprint density at radius 2 is 2.03 bits per heavy atom. The summed E-state index contributed by atoms with van der Waals surface area (Å²) in [7, 11) is 0. The summed E-state index contributed by atoms with van der Waals surface area (Å²) in [5.41, 5.74) is 4.31. The molecule has 0 saturated carbocycles. The quantitative estimate of drug-likeness (QED) is 0.459. The van der Waals surface area contributed by atoms with Crippen molar-refractivity contribution in [1.29, 1.82) is 0 Å². The molecule has 6 rings (SSSR count). The number of aryl methyl sites for hydroxylation is 1. The molecular formula is C23H21N7O2. The van der Waals surface area contributed by atoms with Crippen molar-refractivity contribution in [1.82, 2.24) is 35.0 Å². The average Bonchev–Trinajstić information content (AvgIpc) is 3.62. The van der Waals surface area contributed by atoms with Crippen LogP contribution >= 0.6 is 0 Å². The molecule has 0 atom stereocenters. The number of aromatic nitrogens is 6. The molecule has 1 fully saturated rings. The molecule has 1 N–H and O–H groups in total. The summed E-state index contributed by atoms with van der Waals surface area (Å²) < 4.78 is 7.33. The Morgan fingerprint density at radius 1 is 1.12 bits per heavy atom. The van der Waals surface area contributed by atoms with Gasteiger partial charge in [0.05, 0.1) is 12.1 Å². The highest BCUT2D eigenvalue weighted by Gasteiger charge is 2.19. The van der Waals surface area contributed by atoms with Crippen LogP contribution in [0.1, 0.15) is 19.3 Å². The second-order valence-corrected chi connectivity index (χ2v) is 8.02. The minimum absolute atomic E-state index is 0.180. The first-order chi connectivity index (χ1) is 15.8. The van der Waals surface area contributed by atoms with Crippen molar-refractivity contribution in [2.24, 2.45) is 0 Å². The minimum atomic E-state index is 0.180. The van der Waals surface area contributed by atoms with Crippen molar-refractivity contribution in [3.05, 3.63) is 48.7 Å². The fourth-order valence-corrected chi connectivity index (χ4v) is 4.32. The maximum absolute atomic E-state index is 12.3. The summed E-state index contributed by atoms with van der Waals surface area (Å²) in [6.07, 6.45) is 4.51. The fraction of sp³-hybridized carbons (Fsp3) is 0.261. The second kappa shape index (κ2) is 7.60. The fourth-order valence-electron chi connectivity index (χ4n) is 4.32. The van der Waals surface area contributed by atoms with Gasteiger partial charge in [0.25, 0.3) is 5.89 Å². The van der Waals surface area contributed by atoms with E-state index in [9.17, 15) is 4.79 Å². The highest BCUT2D eigenvalue weighted by molar-refractivity contribution is 5.93. The van der Waals surface area contributed by atoms with Crippen LogP contribution in [-0.2, 0) is 11.3 Å². The largest absolute Gasteiger partial charge is 0.361 e. The van der Waals surface area contributed by atoms with Gasteiger partial charge in [-0.05, 0) is 49.2 Å². The number of H-pyrrole nitrogens is 1. The lowest BCUT2D eigenvalue weighted by molar-refractivity contribution is -0.130. The van der Waals surface area contributed by atoms with Gasteiger partial charge in [0.2, 0.25) is 11.7 Å². The van der Waals surface area contributed by atoms with E-state index in [-0.39, 0.29) is 5.91 Å². The Balaban J connectivity index is 1.24. The third kappa shape index (κ3) is 3.22. The number of aromatic amines is 1. The SMILES string of the molecule is O=C(CCn1nnc2cc(-c3noc(-c4cccc5[nH]ccc45)n3)ccc21)N1CCCC1. The van der Waals surface area contributed by atoms with Gasteiger partial charge in [0.1, 0.15) is 5.52 Å². The summed E-state index contributed by atoms with van der Waals surface area (Å²) in [6, 6.07) is 13.7. The van der Waals surface area contributed by atoms with E-state index >= 15 is 0 Å². The normalized spacial score (nSPS) is 14.1. The van der Waals surface area contributed by atoms with E-state index in [1.54, 1.807) is 4.68 Å².